The first-order valence-corrected chi connectivity index (χ1v) is 4.84. The van der Waals surface area contributed by atoms with Crippen LogP contribution in [-0.4, -0.2) is 43.1 Å². The molecule has 0 aromatic rings. The average Bonchev–Trinajstić information content (AvgIpc) is 2.12. The van der Waals surface area contributed by atoms with Gasteiger partial charge in [0.2, 0.25) is 0 Å². The smallest absolute Gasteiger partial charge is 0.261 e. The average molecular weight is 210 g/mol. The highest BCUT2D eigenvalue weighted by atomic mass is 19.3. The second-order valence-electron chi connectivity index (χ2n) is 3.40. The molecular weight excluding hydrogens is 194 g/mol. The van der Waals surface area contributed by atoms with E-state index in [1.807, 2.05) is 6.92 Å². The third-order valence-corrected chi connectivity index (χ3v) is 2.17. The summed E-state index contributed by atoms with van der Waals surface area (Å²) in [5.74, 6) is 0. The summed E-state index contributed by atoms with van der Waals surface area (Å²) in [7, 11) is 0. The lowest BCUT2D eigenvalue weighted by atomic mass is 9.88. The molecule has 3 nitrogen and oxygen atoms in total. The second kappa shape index (κ2) is 5.58. The van der Waals surface area contributed by atoms with E-state index in [-0.39, 0.29) is 6.10 Å². The van der Waals surface area contributed by atoms with Crippen molar-refractivity contribution in [3.05, 3.63) is 0 Å². The van der Waals surface area contributed by atoms with E-state index in [0.717, 1.165) is 6.42 Å². The fourth-order valence-corrected chi connectivity index (χ4v) is 1.39. The van der Waals surface area contributed by atoms with Gasteiger partial charge in [-0.1, -0.05) is 6.92 Å². The standard InChI is InChI=1S/C9H16F2O3/c1-2-3-13-9-6(12)4-7(9)14-5-8(10)11/h6-9,12H,2-5H2,1H3. The molecule has 5 heteroatoms. The van der Waals surface area contributed by atoms with E-state index in [0.29, 0.717) is 13.0 Å². The number of hydrogen-bond acceptors (Lipinski definition) is 3. The highest BCUT2D eigenvalue weighted by Gasteiger charge is 2.42. The number of ether oxygens (including phenoxy) is 2. The van der Waals surface area contributed by atoms with Crippen molar-refractivity contribution in [3.8, 4) is 0 Å². The third-order valence-electron chi connectivity index (χ3n) is 2.17. The minimum absolute atomic E-state index is 0.370. The molecule has 14 heavy (non-hydrogen) atoms. The maximum Gasteiger partial charge on any atom is 0.261 e. The van der Waals surface area contributed by atoms with Crippen LogP contribution in [0.25, 0.3) is 0 Å². The summed E-state index contributed by atoms with van der Waals surface area (Å²) in [6.45, 7) is 1.89. The van der Waals surface area contributed by atoms with Crippen LogP contribution < -0.4 is 0 Å². The second-order valence-corrected chi connectivity index (χ2v) is 3.40. The molecule has 1 rings (SSSR count). The molecule has 0 amide bonds. The molecule has 0 aromatic heterocycles. The molecule has 84 valence electrons. The van der Waals surface area contributed by atoms with Gasteiger partial charge in [-0.25, -0.2) is 8.78 Å². The van der Waals surface area contributed by atoms with Gasteiger partial charge in [0.1, 0.15) is 12.7 Å². The van der Waals surface area contributed by atoms with Crippen molar-refractivity contribution < 1.29 is 23.4 Å². The Bertz CT molecular complexity index is 166. The lowest BCUT2D eigenvalue weighted by Gasteiger charge is -2.40. The van der Waals surface area contributed by atoms with E-state index in [1.165, 1.54) is 0 Å². The van der Waals surface area contributed by atoms with Crippen LogP contribution in [0.15, 0.2) is 0 Å². The third kappa shape index (κ3) is 3.15. The molecule has 1 N–H and O–H groups in total. The van der Waals surface area contributed by atoms with Gasteiger partial charge in [-0.3, -0.25) is 0 Å². The van der Waals surface area contributed by atoms with Crippen LogP contribution >= 0.6 is 0 Å². The molecule has 0 aromatic carbocycles. The topological polar surface area (TPSA) is 38.7 Å². The lowest BCUT2D eigenvalue weighted by Crippen LogP contribution is -2.54. The van der Waals surface area contributed by atoms with Crippen molar-refractivity contribution in [2.24, 2.45) is 0 Å². The van der Waals surface area contributed by atoms with Gasteiger partial charge in [-0.2, -0.15) is 0 Å². The molecule has 1 aliphatic rings. The van der Waals surface area contributed by atoms with Crippen molar-refractivity contribution >= 4 is 0 Å². The quantitative estimate of drug-likeness (QED) is 0.715. The SMILES string of the molecule is CCCOC1C(O)CC1OCC(F)F. The summed E-state index contributed by atoms with van der Waals surface area (Å²) in [6, 6.07) is 0. The Morgan fingerprint density at radius 2 is 2.14 bits per heavy atom. The minimum Gasteiger partial charge on any atom is -0.390 e. The van der Waals surface area contributed by atoms with Gasteiger partial charge in [0.15, 0.2) is 0 Å². The number of halogens is 2. The van der Waals surface area contributed by atoms with Crippen LogP contribution in [-0.2, 0) is 9.47 Å². The first-order valence-electron chi connectivity index (χ1n) is 4.84. The summed E-state index contributed by atoms with van der Waals surface area (Å²) in [6.07, 6.45) is -2.59. The van der Waals surface area contributed by atoms with Crippen LogP contribution in [0.5, 0.6) is 0 Å². The maximum absolute atomic E-state index is 11.8. The van der Waals surface area contributed by atoms with Crippen LogP contribution in [0.2, 0.25) is 0 Å². The van der Waals surface area contributed by atoms with Gasteiger partial charge in [-0.05, 0) is 6.42 Å². The number of rotatable bonds is 6. The Morgan fingerprint density at radius 3 is 2.64 bits per heavy atom. The lowest BCUT2D eigenvalue weighted by molar-refractivity contribution is -0.201. The fourth-order valence-electron chi connectivity index (χ4n) is 1.39. The number of hydrogen-bond donors (Lipinski definition) is 1. The Balaban J connectivity index is 2.19. The molecule has 1 aliphatic carbocycles. The molecule has 3 unspecified atom stereocenters. The largest absolute Gasteiger partial charge is 0.390 e. The van der Waals surface area contributed by atoms with Gasteiger partial charge in [0, 0.05) is 13.0 Å². The molecule has 1 fully saturated rings. The molecule has 0 spiro atoms. The van der Waals surface area contributed by atoms with E-state index in [9.17, 15) is 13.9 Å². The first-order chi connectivity index (χ1) is 6.65. The number of alkyl halides is 2. The minimum atomic E-state index is -2.46. The van der Waals surface area contributed by atoms with Crippen molar-refractivity contribution in [1.82, 2.24) is 0 Å². The van der Waals surface area contributed by atoms with Crippen molar-refractivity contribution in [1.29, 1.82) is 0 Å². The Kier molecular flexibility index (Phi) is 4.71. The van der Waals surface area contributed by atoms with Crippen LogP contribution in [0.3, 0.4) is 0 Å². The zero-order valence-electron chi connectivity index (χ0n) is 8.16. The molecule has 1 saturated carbocycles. The van der Waals surface area contributed by atoms with E-state index in [1.54, 1.807) is 0 Å². The van der Waals surface area contributed by atoms with Gasteiger partial charge < -0.3 is 14.6 Å². The zero-order chi connectivity index (χ0) is 10.6. The Morgan fingerprint density at radius 1 is 1.43 bits per heavy atom. The summed E-state index contributed by atoms with van der Waals surface area (Å²) in [5.41, 5.74) is 0. The first kappa shape index (κ1) is 11.8. The molecule has 0 bridgehead atoms. The maximum atomic E-state index is 11.8. The number of aliphatic hydroxyl groups is 1. The van der Waals surface area contributed by atoms with E-state index in [2.05, 4.69) is 0 Å². The van der Waals surface area contributed by atoms with Crippen molar-refractivity contribution in [3.63, 3.8) is 0 Å². The van der Waals surface area contributed by atoms with Gasteiger partial charge in [0.25, 0.3) is 6.43 Å². The van der Waals surface area contributed by atoms with E-state index < -0.39 is 25.2 Å². The molecule has 3 atom stereocenters. The predicted octanol–water partition coefficient (Wildman–Crippen LogP) is 1.20. The Hall–Kier alpha value is -0.260. The van der Waals surface area contributed by atoms with E-state index >= 15 is 0 Å². The molecule has 0 aliphatic heterocycles. The summed E-state index contributed by atoms with van der Waals surface area (Å²) in [4.78, 5) is 0. The van der Waals surface area contributed by atoms with Gasteiger partial charge in [0.05, 0.1) is 12.2 Å². The van der Waals surface area contributed by atoms with Crippen LogP contribution in [0.4, 0.5) is 8.78 Å². The summed E-state index contributed by atoms with van der Waals surface area (Å²) >= 11 is 0. The molecule has 0 heterocycles. The van der Waals surface area contributed by atoms with Crippen molar-refractivity contribution in [2.75, 3.05) is 13.2 Å². The van der Waals surface area contributed by atoms with Crippen molar-refractivity contribution in [2.45, 2.75) is 44.5 Å². The van der Waals surface area contributed by atoms with Crippen LogP contribution in [0.1, 0.15) is 19.8 Å². The highest BCUT2D eigenvalue weighted by molar-refractivity contribution is 4.92. The van der Waals surface area contributed by atoms with Crippen LogP contribution in [0, 0.1) is 0 Å². The highest BCUT2D eigenvalue weighted by Crippen LogP contribution is 2.27. The fraction of sp³-hybridized carbons (Fsp3) is 1.00. The molecular formula is C9H16F2O3. The van der Waals surface area contributed by atoms with Gasteiger partial charge in [-0.15, -0.1) is 0 Å². The zero-order valence-corrected chi connectivity index (χ0v) is 8.16. The number of aliphatic hydroxyl groups excluding tert-OH is 1. The Labute approximate surface area is 82.0 Å². The molecule has 0 saturated heterocycles. The van der Waals surface area contributed by atoms with E-state index in [4.69, 9.17) is 9.47 Å². The van der Waals surface area contributed by atoms with Gasteiger partial charge >= 0.3 is 0 Å². The monoisotopic (exact) mass is 210 g/mol. The summed E-state index contributed by atoms with van der Waals surface area (Å²) < 4.78 is 33.8. The normalized spacial score (nSPS) is 31.9. The summed E-state index contributed by atoms with van der Waals surface area (Å²) in [5, 5.41) is 9.28. The predicted molar refractivity (Wildman–Crippen MR) is 46.4 cm³/mol. The molecule has 0 radical (unpaired) electrons.